The average Bonchev–Trinajstić information content (AvgIpc) is 3.03. The molecule has 2 heterocycles. The number of piperidine rings is 1. The molecule has 0 radical (unpaired) electrons. The zero-order valence-electron chi connectivity index (χ0n) is 13.8. The van der Waals surface area contributed by atoms with E-state index in [1.165, 1.54) is 0 Å². The SMILES string of the molecule is O=Cc1cn(N2CCC(Oc3ccc(Cl)cc3)CC2)c2ccccc12. The van der Waals surface area contributed by atoms with Crippen molar-refractivity contribution in [3.05, 3.63) is 65.3 Å². The summed E-state index contributed by atoms with van der Waals surface area (Å²) in [5.74, 6) is 0.859. The largest absolute Gasteiger partial charge is 0.490 e. The Morgan fingerprint density at radius 2 is 1.76 bits per heavy atom. The molecule has 1 saturated heterocycles. The molecule has 1 aliphatic rings. The third-order valence-corrected chi connectivity index (χ3v) is 4.94. The Kier molecular flexibility index (Phi) is 4.36. The molecule has 0 amide bonds. The predicted octanol–water partition coefficient (Wildman–Crippen LogP) is 4.29. The smallest absolute Gasteiger partial charge is 0.152 e. The molecule has 3 aromatic rings. The second kappa shape index (κ2) is 6.81. The van der Waals surface area contributed by atoms with Gasteiger partial charge in [-0.3, -0.25) is 9.47 Å². The summed E-state index contributed by atoms with van der Waals surface area (Å²) in [6.07, 6.45) is 4.93. The van der Waals surface area contributed by atoms with Gasteiger partial charge < -0.3 is 9.75 Å². The first-order valence-electron chi connectivity index (χ1n) is 8.47. The van der Waals surface area contributed by atoms with Crippen LogP contribution >= 0.6 is 11.6 Å². The standard InChI is InChI=1S/C20H19ClN2O2/c21-16-5-7-17(8-6-16)25-18-9-11-22(12-10-18)23-13-15(14-24)19-3-1-2-4-20(19)23/h1-8,13-14,18H,9-12H2. The van der Waals surface area contributed by atoms with Crippen LogP contribution in [-0.4, -0.2) is 30.2 Å². The summed E-state index contributed by atoms with van der Waals surface area (Å²) in [4.78, 5) is 11.3. The van der Waals surface area contributed by atoms with Gasteiger partial charge in [-0.05, 0) is 30.3 Å². The van der Waals surface area contributed by atoms with Crippen molar-refractivity contribution in [2.24, 2.45) is 0 Å². The quantitative estimate of drug-likeness (QED) is 0.656. The van der Waals surface area contributed by atoms with Gasteiger partial charge in [0.2, 0.25) is 0 Å². The van der Waals surface area contributed by atoms with Gasteiger partial charge >= 0.3 is 0 Å². The van der Waals surface area contributed by atoms with E-state index in [-0.39, 0.29) is 6.10 Å². The van der Waals surface area contributed by atoms with Crippen LogP contribution in [0.5, 0.6) is 5.75 Å². The van der Waals surface area contributed by atoms with Crippen molar-refractivity contribution in [2.45, 2.75) is 18.9 Å². The van der Waals surface area contributed by atoms with Gasteiger partial charge in [0.25, 0.3) is 0 Å². The number of hydrogen-bond acceptors (Lipinski definition) is 3. The second-order valence-corrected chi connectivity index (χ2v) is 6.73. The van der Waals surface area contributed by atoms with E-state index in [2.05, 4.69) is 15.8 Å². The lowest BCUT2D eigenvalue weighted by Crippen LogP contribution is -2.44. The zero-order chi connectivity index (χ0) is 17.2. The number of benzene rings is 2. The number of rotatable bonds is 4. The van der Waals surface area contributed by atoms with E-state index < -0.39 is 0 Å². The fourth-order valence-electron chi connectivity index (χ4n) is 3.40. The van der Waals surface area contributed by atoms with Crippen molar-refractivity contribution >= 4 is 28.8 Å². The summed E-state index contributed by atoms with van der Waals surface area (Å²) >= 11 is 5.91. The average molecular weight is 355 g/mol. The van der Waals surface area contributed by atoms with Crippen molar-refractivity contribution in [2.75, 3.05) is 18.1 Å². The van der Waals surface area contributed by atoms with E-state index in [1.54, 1.807) is 0 Å². The number of para-hydroxylation sites is 1. The summed E-state index contributed by atoms with van der Waals surface area (Å²) < 4.78 is 8.17. The number of fused-ring (bicyclic) bond motifs is 1. The Morgan fingerprint density at radius 1 is 1.04 bits per heavy atom. The van der Waals surface area contributed by atoms with Crippen molar-refractivity contribution in [1.29, 1.82) is 0 Å². The first-order valence-corrected chi connectivity index (χ1v) is 8.85. The number of ether oxygens (including phenoxy) is 1. The summed E-state index contributed by atoms with van der Waals surface area (Å²) in [6.45, 7) is 1.77. The molecule has 2 aromatic carbocycles. The molecule has 0 bridgehead atoms. The van der Waals surface area contributed by atoms with Gasteiger partial charge in [0, 0.05) is 48.1 Å². The molecule has 1 fully saturated rings. The maximum atomic E-state index is 11.3. The van der Waals surface area contributed by atoms with Gasteiger partial charge in [0.1, 0.15) is 11.9 Å². The highest BCUT2D eigenvalue weighted by atomic mass is 35.5. The third kappa shape index (κ3) is 3.22. The maximum Gasteiger partial charge on any atom is 0.152 e. The molecule has 0 spiro atoms. The molecule has 5 heteroatoms. The number of aldehydes is 1. The monoisotopic (exact) mass is 354 g/mol. The molecule has 25 heavy (non-hydrogen) atoms. The van der Waals surface area contributed by atoms with E-state index >= 15 is 0 Å². The van der Waals surface area contributed by atoms with E-state index in [1.807, 2.05) is 48.7 Å². The van der Waals surface area contributed by atoms with Crippen LogP contribution in [0, 0.1) is 0 Å². The fraction of sp³-hybridized carbons (Fsp3) is 0.250. The molecule has 1 aliphatic heterocycles. The van der Waals surface area contributed by atoms with E-state index in [0.29, 0.717) is 5.02 Å². The van der Waals surface area contributed by atoms with Crippen LogP contribution in [0.2, 0.25) is 5.02 Å². The lowest BCUT2D eigenvalue weighted by Gasteiger charge is -2.34. The van der Waals surface area contributed by atoms with Gasteiger partial charge in [0.05, 0.1) is 5.52 Å². The Hall–Kier alpha value is -2.46. The third-order valence-electron chi connectivity index (χ3n) is 4.69. The van der Waals surface area contributed by atoms with E-state index in [9.17, 15) is 4.79 Å². The van der Waals surface area contributed by atoms with Gasteiger partial charge in [-0.15, -0.1) is 0 Å². The van der Waals surface area contributed by atoms with Gasteiger partial charge in [-0.2, -0.15) is 0 Å². The van der Waals surface area contributed by atoms with Crippen LogP contribution in [0.4, 0.5) is 0 Å². The van der Waals surface area contributed by atoms with Crippen LogP contribution in [0.15, 0.2) is 54.7 Å². The molecule has 0 aliphatic carbocycles. The summed E-state index contributed by atoms with van der Waals surface area (Å²) in [5.41, 5.74) is 1.80. The summed E-state index contributed by atoms with van der Waals surface area (Å²) in [5, 5.41) is 3.99. The minimum atomic E-state index is 0.199. The molecular formula is C20H19ClN2O2. The normalized spacial score (nSPS) is 15.5. The Labute approximate surface area is 151 Å². The summed E-state index contributed by atoms with van der Waals surface area (Å²) in [7, 11) is 0. The molecule has 1 aromatic heterocycles. The molecule has 0 atom stereocenters. The van der Waals surface area contributed by atoms with Crippen molar-refractivity contribution < 1.29 is 9.53 Å². The van der Waals surface area contributed by atoms with Crippen LogP contribution in [0.25, 0.3) is 10.9 Å². The van der Waals surface area contributed by atoms with Crippen molar-refractivity contribution in [3.8, 4) is 5.75 Å². The van der Waals surface area contributed by atoms with Crippen molar-refractivity contribution in [1.82, 2.24) is 4.68 Å². The predicted molar refractivity (Wildman–Crippen MR) is 100 cm³/mol. The lowest BCUT2D eigenvalue weighted by atomic mass is 10.1. The first kappa shape index (κ1) is 16.0. The van der Waals surface area contributed by atoms with E-state index in [0.717, 1.165) is 54.4 Å². The molecule has 128 valence electrons. The van der Waals surface area contributed by atoms with Crippen LogP contribution in [-0.2, 0) is 0 Å². The van der Waals surface area contributed by atoms with Crippen LogP contribution in [0.3, 0.4) is 0 Å². The highest BCUT2D eigenvalue weighted by molar-refractivity contribution is 6.30. The molecule has 4 rings (SSSR count). The highest BCUT2D eigenvalue weighted by Gasteiger charge is 2.22. The number of halogens is 1. The first-order chi connectivity index (χ1) is 12.2. The number of hydrogen-bond donors (Lipinski definition) is 0. The van der Waals surface area contributed by atoms with Crippen LogP contribution in [0.1, 0.15) is 23.2 Å². The molecule has 0 unspecified atom stereocenters. The Morgan fingerprint density at radius 3 is 2.48 bits per heavy atom. The van der Waals surface area contributed by atoms with Crippen molar-refractivity contribution in [3.63, 3.8) is 0 Å². The number of aromatic nitrogens is 1. The Balaban J connectivity index is 1.47. The van der Waals surface area contributed by atoms with Crippen LogP contribution < -0.4 is 9.75 Å². The summed E-state index contributed by atoms with van der Waals surface area (Å²) in [6, 6.07) is 15.5. The second-order valence-electron chi connectivity index (χ2n) is 6.29. The van der Waals surface area contributed by atoms with Gasteiger partial charge in [0.15, 0.2) is 6.29 Å². The van der Waals surface area contributed by atoms with Gasteiger partial charge in [-0.1, -0.05) is 29.8 Å². The van der Waals surface area contributed by atoms with Gasteiger partial charge in [-0.25, -0.2) is 0 Å². The molecule has 4 nitrogen and oxygen atoms in total. The maximum absolute atomic E-state index is 11.3. The minimum absolute atomic E-state index is 0.199. The molecule has 0 saturated carbocycles. The lowest BCUT2D eigenvalue weighted by molar-refractivity contribution is 0.112. The minimum Gasteiger partial charge on any atom is -0.490 e. The number of nitrogens with zero attached hydrogens (tertiary/aromatic N) is 2. The fourth-order valence-corrected chi connectivity index (χ4v) is 3.52. The molecular weight excluding hydrogens is 336 g/mol. The van der Waals surface area contributed by atoms with E-state index in [4.69, 9.17) is 16.3 Å². The Bertz CT molecular complexity index is 880. The zero-order valence-corrected chi connectivity index (χ0v) is 14.5. The molecule has 0 N–H and O–H groups in total. The number of carbonyl (C=O) groups excluding carboxylic acids is 1. The highest BCUT2D eigenvalue weighted by Crippen LogP contribution is 2.24. The number of carbonyl (C=O) groups is 1. The topological polar surface area (TPSA) is 34.5 Å².